The van der Waals surface area contributed by atoms with Gasteiger partial charge in [-0.1, -0.05) is 151 Å². The predicted octanol–water partition coefficient (Wildman–Crippen LogP) is 12.6. The Morgan fingerprint density at radius 3 is 1.71 bits per heavy atom. The second kappa shape index (κ2) is 10.4. The van der Waals surface area contributed by atoms with Crippen LogP contribution >= 0.6 is 0 Å². The normalized spacial score (nSPS) is 14.4. The van der Waals surface area contributed by atoms with Crippen molar-refractivity contribution < 1.29 is 16.8 Å². The van der Waals surface area contributed by atoms with Gasteiger partial charge in [0.2, 0.25) is 0 Å². The molecule has 9 aromatic rings. The minimum Gasteiger partial charge on any atom is -0.456 e. The summed E-state index contributed by atoms with van der Waals surface area (Å²) in [5, 5.41) is 4.78. The van der Waals surface area contributed by atoms with Crippen molar-refractivity contribution in [1.82, 2.24) is 0 Å². The highest BCUT2D eigenvalue weighted by Crippen LogP contribution is 2.47. The van der Waals surface area contributed by atoms with Crippen LogP contribution in [0.1, 0.15) is 12.3 Å². The highest BCUT2D eigenvalue weighted by Gasteiger charge is 2.20. The van der Waals surface area contributed by atoms with Gasteiger partial charge < -0.3 is 4.42 Å². The summed E-state index contributed by atoms with van der Waals surface area (Å²) in [6.45, 7) is 0. The minimum absolute atomic E-state index is 0.104. The highest BCUT2D eigenvalue weighted by molar-refractivity contribution is 6.23. The zero-order valence-corrected chi connectivity index (χ0v) is 23.9. The maximum Gasteiger partial charge on any atom is 0.136 e. The summed E-state index contributed by atoms with van der Waals surface area (Å²) in [7, 11) is 0. The van der Waals surface area contributed by atoms with Crippen molar-refractivity contribution in [2.75, 3.05) is 0 Å². The number of furan rings is 1. The van der Waals surface area contributed by atoms with Gasteiger partial charge >= 0.3 is 0 Å². The van der Waals surface area contributed by atoms with E-state index in [0.29, 0.717) is 44.4 Å². The molecule has 0 saturated carbocycles. The van der Waals surface area contributed by atoms with E-state index in [9.17, 15) is 1.37 Å². The number of hydrogen-bond donors (Lipinski definition) is 0. The van der Waals surface area contributed by atoms with E-state index in [1.807, 2.05) is 97.1 Å². The monoisotopic (exact) mass is 581 g/mol. The van der Waals surface area contributed by atoms with Crippen molar-refractivity contribution in [3.63, 3.8) is 0 Å². The Morgan fingerprint density at radius 1 is 0.378 bits per heavy atom. The van der Waals surface area contributed by atoms with Gasteiger partial charge in [0.25, 0.3) is 0 Å². The lowest BCUT2D eigenvalue weighted by atomic mass is 9.84. The molecule has 8 aromatic carbocycles. The molecule has 0 aliphatic rings. The molecule has 0 unspecified atom stereocenters. The maximum atomic E-state index is 9.25. The van der Waals surface area contributed by atoms with E-state index >= 15 is 0 Å². The molecule has 9 rings (SSSR count). The largest absolute Gasteiger partial charge is 0.456 e. The second-order valence-electron chi connectivity index (χ2n) is 10.9. The molecule has 0 aliphatic carbocycles. The van der Waals surface area contributed by atoms with Gasteiger partial charge in [-0.3, -0.25) is 0 Å². The van der Waals surface area contributed by atoms with Gasteiger partial charge in [0, 0.05) is 10.8 Å². The van der Waals surface area contributed by atoms with Crippen LogP contribution < -0.4 is 0 Å². The summed E-state index contributed by atoms with van der Waals surface area (Å²) in [4.78, 5) is 0. The average molecular weight is 582 g/mol. The van der Waals surface area contributed by atoms with Crippen molar-refractivity contribution in [3.05, 3.63) is 170 Å². The number of rotatable bonds is 4. The molecule has 0 spiro atoms. The third-order valence-electron chi connectivity index (χ3n) is 8.49. The van der Waals surface area contributed by atoms with Gasteiger partial charge in [-0.05, 0) is 84.3 Å². The number of benzene rings is 8. The molecular formula is C44H28O. The summed E-state index contributed by atoms with van der Waals surface area (Å²) >= 11 is 0. The van der Waals surface area contributed by atoms with Crippen LogP contribution in [0.3, 0.4) is 0 Å². The first-order chi connectivity index (χ1) is 26.1. The van der Waals surface area contributed by atoms with Gasteiger partial charge in [0.05, 0.1) is 12.3 Å². The van der Waals surface area contributed by atoms with Crippen molar-refractivity contribution >= 4 is 43.5 Å². The first-order valence-electron chi connectivity index (χ1n) is 19.2. The van der Waals surface area contributed by atoms with E-state index in [4.69, 9.17) is 15.4 Å². The molecule has 0 radical (unpaired) electrons. The smallest absolute Gasteiger partial charge is 0.136 e. The Balaban J connectivity index is 1.34. The van der Waals surface area contributed by atoms with E-state index in [0.717, 1.165) is 38.1 Å². The van der Waals surface area contributed by atoms with E-state index in [2.05, 4.69) is 0 Å². The first-order valence-corrected chi connectivity index (χ1v) is 14.7. The molecule has 45 heavy (non-hydrogen) atoms. The summed E-state index contributed by atoms with van der Waals surface area (Å²) in [6, 6.07) is 33.7. The fourth-order valence-electron chi connectivity index (χ4n) is 6.60. The van der Waals surface area contributed by atoms with E-state index < -0.39 is 18.1 Å². The molecular weight excluding hydrogens is 544 g/mol. The molecule has 0 saturated heterocycles. The Labute approximate surface area is 274 Å². The predicted molar refractivity (Wildman–Crippen MR) is 190 cm³/mol. The molecule has 1 nitrogen and oxygen atoms in total. The van der Waals surface area contributed by atoms with Crippen molar-refractivity contribution in [2.24, 2.45) is 0 Å². The van der Waals surface area contributed by atoms with Crippen molar-refractivity contribution in [2.45, 2.75) is 0 Å². The summed E-state index contributed by atoms with van der Waals surface area (Å²) in [6.07, 6.45) is 0. The standard InChI is InChI=1S/C44H28O/c1-3-14-29(15-4-1)32-18-7-8-19-34(32)43-37-22-11-9-20-35(37)42(36-21-10-12-23-38(36)43)31-26-27-39-41(28-31)45-40-25-13-24-33(44(39)40)30-16-5-2-6-17-30/h1-28H/i2D,5D,6D,7D,8D,16D,17D,18D,19D. The Bertz CT molecular complexity index is 2960. The molecule has 0 amide bonds. The van der Waals surface area contributed by atoms with Crippen LogP contribution in [0.4, 0.5) is 0 Å². The maximum absolute atomic E-state index is 9.25. The van der Waals surface area contributed by atoms with Crippen molar-refractivity contribution in [3.8, 4) is 44.5 Å². The zero-order chi connectivity index (χ0) is 37.6. The van der Waals surface area contributed by atoms with Crippen LogP contribution in [0.5, 0.6) is 0 Å². The van der Waals surface area contributed by atoms with Gasteiger partial charge in [0.15, 0.2) is 0 Å². The third kappa shape index (κ3) is 4.09. The Morgan fingerprint density at radius 2 is 1.00 bits per heavy atom. The van der Waals surface area contributed by atoms with E-state index in [-0.39, 0.29) is 41.8 Å². The van der Waals surface area contributed by atoms with Crippen LogP contribution in [-0.2, 0) is 0 Å². The molecule has 0 bridgehead atoms. The molecule has 210 valence electrons. The fourth-order valence-corrected chi connectivity index (χ4v) is 6.60. The third-order valence-corrected chi connectivity index (χ3v) is 8.49. The van der Waals surface area contributed by atoms with Crippen LogP contribution in [0, 0.1) is 0 Å². The van der Waals surface area contributed by atoms with Crippen LogP contribution in [0.2, 0.25) is 0 Å². The molecule has 0 aliphatic heterocycles. The fraction of sp³-hybridized carbons (Fsp3) is 0. The highest BCUT2D eigenvalue weighted by atomic mass is 16.3. The number of fused-ring (bicyclic) bond motifs is 5. The summed E-state index contributed by atoms with van der Waals surface area (Å²) < 4.78 is 84.0. The van der Waals surface area contributed by atoms with Gasteiger partial charge in [-0.15, -0.1) is 0 Å². The van der Waals surface area contributed by atoms with Gasteiger partial charge in [0.1, 0.15) is 11.2 Å². The lowest BCUT2D eigenvalue weighted by Crippen LogP contribution is -1.92. The van der Waals surface area contributed by atoms with Crippen molar-refractivity contribution in [1.29, 1.82) is 0 Å². The van der Waals surface area contributed by atoms with E-state index in [1.165, 1.54) is 0 Å². The first kappa shape index (κ1) is 18.0. The van der Waals surface area contributed by atoms with Crippen LogP contribution in [-0.4, -0.2) is 0 Å². The van der Waals surface area contributed by atoms with Gasteiger partial charge in [-0.25, -0.2) is 0 Å². The second-order valence-corrected chi connectivity index (χ2v) is 10.9. The minimum atomic E-state index is -0.447. The quantitative estimate of drug-likeness (QED) is 0.188. The lowest BCUT2D eigenvalue weighted by Gasteiger charge is -2.19. The number of hydrogen-bond acceptors (Lipinski definition) is 1. The van der Waals surface area contributed by atoms with E-state index in [1.54, 1.807) is 18.2 Å². The topological polar surface area (TPSA) is 13.1 Å². The molecule has 1 heterocycles. The average Bonchev–Trinajstić information content (AvgIpc) is 3.58. The van der Waals surface area contributed by atoms with Crippen LogP contribution in [0.15, 0.2) is 174 Å². The molecule has 1 aromatic heterocycles. The zero-order valence-electron chi connectivity index (χ0n) is 32.9. The molecule has 0 fully saturated rings. The summed E-state index contributed by atoms with van der Waals surface area (Å²) in [5.41, 5.74) is 5.70. The molecule has 0 N–H and O–H groups in total. The molecule has 1 heteroatoms. The molecule has 0 atom stereocenters. The van der Waals surface area contributed by atoms with Gasteiger partial charge in [-0.2, -0.15) is 0 Å². The SMILES string of the molecule is [2H]c1c([2H])c([2H])c(-c2cccc3oc4cc(-c5c6ccccc6c(-c6c([2H])c([2H])c([2H])c([2H])c6-c6ccccc6)c6ccccc56)ccc4c23)c([2H])c1[2H]. The Kier molecular flexibility index (Phi) is 4.15. The van der Waals surface area contributed by atoms with Crippen LogP contribution in [0.25, 0.3) is 88.0 Å². The summed E-state index contributed by atoms with van der Waals surface area (Å²) in [5.74, 6) is 0. The lowest BCUT2D eigenvalue weighted by molar-refractivity contribution is 0.669. The Hall–Kier alpha value is -5.92.